The minimum atomic E-state index is 0.652. The van der Waals surface area contributed by atoms with Gasteiger partial charge in [0.05, 0.1) is 11.4 Å². The Morgan fingerprint density at radius 1 is 1.16 bits per heavy atom. The summed E-state index contributed by atoms with van der Waals surface area (Å²) >= 11 is 0. The molecule has 0 radical (unpaired) electrons. The molecule has 2 aromatic heterocycles. The van der Waals surface area contributed by atoms with E-state index in [1.807, 2.05) is 18.2 Å². The van der Waals surface area contributed by atoms with Crippen LogP contribution < -0.4 is 5.32 Å². The van der Waals surface area contributed by atoms with Gasteiger partial charge in [-0.25, -0.2) is 9.97 Å². The van der Waals surface area contributed by atoms with Crippen LogP contribution in [0.25, 0.3) is 11.5 Å². The van der Waals surface area contributed by atoms with E-state index in [-0.39, 0.29) is 0 Å². The van der Waals surface area contributed by atoms with E-state index in [0.29, 0.717) is 5.92 Å². The molecule has 4 rings (SSSR count). The molecule has 4 nitrogen and oxygen atoms in total. The summed E-state index contributed by atoms with van der Waals surface area (Å²) in [6.45, 7) is 1.93. The number of fused-ring (bicyclic) bond motifs is 1. The SMILES string of the molecule is c1ccc(-c2nc3c(c(C4CC4)n2)CNCC3)nc1. The molecular weight excluding hydrogens is 236 g/mol. The van der Waals surface area contributed by atoms with E-state index >= 15 is 0 Å². The van der Waals surface area contributed by atoms with Crippen LogP contribution in [0.5, 0.6) is 0 Å². The monoisotopic (exact) mass is 252 g/mol. The van der Waals surface area contributed by atoms with E-state index in [2.05, 4.69) is 10.3 Å². The fraction of sp³-hybridized carbons (Fsp3) is 0.400. The predicted octanol–water partition coefficient (Wildman–Crippen LogP) is 2.06. The Hall–Kier alpha value is -1.81. The molecule has 2 aliphatic rings. The number of aromatic nitrogens is 3. The summed E-state index contributed by atoms with van der Waals surface area (Å²) < 4.78 is 0. The van der Waals surface area contributed by atoms with Gasteiger partial charge in [-0.2, -0.15) is 0 Å². The highest BCUT2D eigenvalue weighted by Gasteiger charge is 2.30. The zero-order valence-electron chi connectivity index (χ0n) is 10.8. The van der Waals surface area contributed by atoms with Gasteiger partial charge < -0.3 is 5.32 Å². The fourth-order valence-electron chi connectivity index (χ4n) is 2.67. The number of pyridine rings is 1. The van der Waals surface area contributed by atoms with Gasteiger partial charge in [-0.1, -0.05) is 6.07 Å². The van der Waals surface area contributed by atoms with Crippen molar-refractivity contribution >= 4 is 0 Å². The van der Waals surface area contributed by atoms with Crippen molar-refractivity contribution in [3.05, 3.63) is 41.3 Å². The molecule has 3 heterocycles. The van der Waals surface area contributed by atoms with Gasteiger partial charge >= 0.3 is 0 Å². The largest absolute Gasteiger partial charge is 0.312 e. The van der Waals surface area contributed by atoms with E-state index in [1.165, 1.54) is 29.8 Å². The summed E-state index contributed by atoms with van der Waals surface area (Å²) in [6.07, 6.45) is 5.34. The molecule has 4 heteroatoms. The van der Waals surface area contributed by atoms with E-state index in [0.717, 1.165) is 31.0 Å². The lowest BCUT2D eigenvalue weighted by Crippen LogP contribution is -2.26. The molecule has 0 saturated heterocycles. The van der Waals surface area contributed by atoms with E-state index in [1.54, 1.807) is 6.20 Å². The minimum Gasteiger partial charge on any atom is -0.312 e. The number of nitrogens with one attached hydrogen (secondary N) is 1. The molecule has 2 aromatic rings. The lowest BCUT2D eigenvalue weighted by atomic mass is 10.0. The molecule has 0 aromatic carbocycles. The first-order chi connectivity index (χ1) is 9.42. The van der Waals surface area contributed by atoms with Crippen molar-refractivity contribution in [2.75, 3.05) is 6.54 Å². The Bertz CT molecular complexity index is 605. The van der Waals surface area contributed by atoms with Crippen LogP contribution in [0.3, 0.4) is 0 Å². The Kier molecular flexibility index (Phi) is 2.55. The maximum Gasteiger partial charge on any atom is 0.178 e. The molecule has 1 fully saturated rings. The topological polar surface area (TPSA) is 50.7 Å². The van der Waals surface area contributed by atoms with Crippen LogP contribution >= 0.6 is 0 Å². The van der Waals surface area contributed by atoms with Gasteiger partial charge in [0.15, 0.2) is 5.82 Å². The first-order valence-corrected chi connectivity index (χ1v) is 6.93. The van der Waals surface area contributed by atoms with Crippen molar-refractivity contribution in [1.29, 1.82) is 0 Å². The maximum atomic E-state index is 4.80. The predicted molar refractivity (Wildman–Crippen MR) is 72.6 cm³/mol. The van der Waals surface area contributed by atoms with Gasteiger partial charge in [-0.05, 0) is 25.0 Å². The molecule has 1 saturated carbocycles. The first-order valence-electron chi connectivity index (χ1n) is 6.93. The van der Waals surface area contributed by atoms with Gasteiger partial charge in [-0.15, -0.1) is 0 Å². The fourth-order valence-corrected chi connectivity index (χ4v) is 2.67. The molecule has 1 N–H and O–H groups in total. The second kappa shape index (κ2) is 4.38. The van der Waals surface area contributed by atoms with Crippen molar-refractivity contribution in [1.82, 2.24) is 20.3 Å². The Balaban J connectivity index is 1.86. The normalized spacial score (nSPS) is 18.1. The molecule has 0 amide bonds. The smallest absolute Gasteiger partial charge is 0.178 e. The molecule has 0 spiro atoms. The standard InChI is InChI=1S/C15H16N4/c1-2-7-17-13(3-1)15-18-12-6-8-16-9-11(12)14(19-15)10-4-5-10/h1-3,7,10,16H,4-6,8-9H2. The van der Waals surface area contributed by atoms with Gasteiger partial charge in [0, 0.05) is 37.2 Å². The van der Waals surface area contributed by atoms with Crippen LogP contribution in [-0.4, -0.2) is 21.5 Å². The number of hydrogen-bond acceptors (Lipinski definition) is 4. The molecule has 1 aliphatic heterocycles. The Morgan fingerprint density at radius 3 is 2.89 bits per heavy atom. The molecule has 96 valence electrons. The third kappa shape index (κ3) is 2.02. The molecule has 0 unspecified atom stereocenters. The van der Waals surface area contributed by atoms with Crippen molar-refractivity contribution in [2.24, 2.45) is 0 Å². The third-order valence-corrected chi connectivity index (χ3v) is 3.82. The molecule has 1 aliphatic carbocycles. The highest BCUT2D eigenvalue weighted by Crippen LogP contribution is 2.42. The second-order valence-corrected chi connectivity index (χ2v) is 5.27. The highest BCUT2D eigenvalue weighted by atomic mass is 15.0. The van der Waals surface area contributed by atoms with E-state index < -0.39 is 0 Å². The van der Waals surface area contributed by atoms with Crippen molar-refractivity contribution in [3.63, 3.8) is 0 Å². The summed E-state index contributed by atoms with van der Waals surface area (Å²) in [5, 5.41) is 3.43. The van der Waals surface area contributed by atoms with E-state index in [9.17, 15) is 0 Å². The molecule has 0 atom stereocenters. The summed E-state index contributed by atoms with van der Waals surface area (Å²) in [7, 11) is 0. The molecule has 19 heavy (non-hydrogen) atoms. The van der Waals surface area contributed by atoms with Crippen molar-refractivity contribution < 1.29 is 0 Å². The molecular formula is C15H16N4. The Labute approximate surface area is 112 Å². The van der Waals surface area contributed by atoms with Crippen LogP contribution in [0.4, 0.5) is 0 Å². The Morgan fingerprint density at radius 2 is 2.11 bits per heavy atom. The average molecular weight is 252 g/mol. The third-order valence-electron chi connectivity index (χ3n) is 3.82. The maximum absolute atomic E-state index is 4.80. The number of rotatable bonds is 2. The van der Waals surface area contributed by atoms with Crippen molar-refractivity contribution in [2.45, 2.75) is 31.7 Å². The van der Waals surface area contributed by atoms with Gasteiger partial charge in [0.1, 0.15) is 5.69 Å². The zero-order chi connectivity index (χ0) is 12.7. The second-order valence-electron chi connectivity index (χ2n) is 5.27. The first kappa shape index (κ1) is 11.1. The average Bonchev–Trinajstić information content (AvgIpc) is 3.32. The number of nitrogens with zero attached hydrogens (tertiary/aromatic N) is 3. The van der Waals surface area contributed by atoms with Gasteiger partial charge in [-0.3, -0.25) is 4.98 Å². The minimum absolute atomic E-state index is 0.652. The summed E-state index contributed by atoms with van der Waals surface area (Å²) in [5.41, 5.74) is 4.70. The van der Waals surface area contributed by atoms with Crippen LogP contribution in [0.1, 0.15) is 35.7 Å². The van der Waals surface area contributed by atoms with E-state index in [4.69, 9.17) is 9.97 Å². The van der Waals surface area contributed by atoms with Crippen LogP contribution in [-0.2, 0) is 13.0 Å². The van der Waals surface area contributed by atoms with Gasteiger partial charge in [0.2, 0.25) is 0 Å². The quantitative estimate of drug-likeness (QED) is 0.889. The van der Waals surface area contributed by atoms with Gasteiger partial charge in [0.25, 0.3) is 0 Å². The molecule has 0 bridgehead atoms. The van der Waals surface area contributed by atoms with Crippen LogP contribution in [0.15, 0.2) is 24.4 Å². The highest BCUT2D eigenvalue weighted by molar-refractivity contribution is 5.51. The van der Waals surface area contributed by atoms with Crippen LogP contribution in [0.2, 0.25) is 0 Å². The van der Waals surface area contributed by atoms with Crippen LogP contribution in [0, 0.1) is 0 Å². The summed E-state index contributed by atoms with van der Waals surface area (Å²) in [6, 6.07) is 5.90. The lowest BCUT2D eigenvalue weighted by molar-refractivity contribution is 0.617. The summed E-state index contributed by atoms with van der Waals surface area (Å²) in [4.78, 5) is 13.9. The summed E-state index contributed by atoms with van der Waals surface area (Å²) in [5.74, 6) is 1.45. The lowest BCUT2D eigenvalue weighted by Gasteiger charge is -2.19. The van der Waals surface area contributed by atoms with Crippen molar-refractivity contribution in [3.8, 4) is 11.5 Å². The number of hydrogen-bond donors (Lipinski definition) is 1. The zero-order valence-corrected chi connectivity index (χ0v) is 10.8.